The summed E-state index contributed by atoms with van der Waals surface area (Å²) in [6, 6.07) is 6.59. The maximum Gasteiger partial charge on any atom is 0.255 e. The standard InChI is InChI=1S/C15H12BrF2NO2/c1-8-5-12(18)10(16)7-13(8)19-15(20)9-3-4-11(17)14(6-9)21-2/h3-7H,1-2H3,(H,19,20). The van der Waals surface area contributed by atoms with Crippen LogP contribution in [-0.2, 0) is 0 Å². The number of rotatable bonds is 3. The molecule has 0 saturated carbocycles. The minimum absolute atomic E-state index is 0.0142. The van der Waals surface area contributed by atoms with E-state index >= 15 is 0 Å². The molecule has 3 nitrogen and oxygen atoms in total. The van der Waals surface area contributed by atoms with Crippen molar-refractivity contribution in [1.29, 1.82) is 0 Å². The molecular formula is C15H12BrF2NO2. The summed E-state index contributed by atoms with van der Waals surface area (Å²) < 4.78 is 31.7. The van der Waals surface area contributed by atoms with Crippen LogP contribution in [0.1, 0.15) is 15.9 Å². The topological polar surface area (TPSA) is 38.3 Å². The number of benzene rings is 2. The van der Waals surface area contributed by atoms with Crippen molar-refractivity contribution in [2.45, 2.75) is 6.92 Å². The molecule has 0 saturated heterocycles. The quantitative estimate of drug-likeness (QED) is 0.891. The number of halogens is 3. The molecule has 0 spiro atoms. The van der Waals surface area contributed by atoms with Crippen LogP contribution in [0.25, 0.3) is 0 Å². The lowest BCUT2D eigenvalue weighted by Crippen LogP contribution is -2.13. The second kappa shape index (κ2) is 6.22. The zero-order chi connectivity index (χ0) is 15.6. The van der Waals surface area contributed by atoms with Crippen LogP contribution in [0.15, 0.2) is 34.8 Å². The molecule has 0 aliphatic carbocycles. The van der Waals surface area contributed by atoms with Gasteiger partial charge in [-0.3, -0.25) is 4.79 Å². The third-order valence-corrected chi connectivity index (χ3v) is 3.54. The first kappa shape index (κ1) is 15.4. The fourth-order valence-electron chi connectivity index (χ4n) is 1.78. The summed E-state index contributed by atoms with van der Waals surface area (Å²) in [4.78, 5) is 12.1. The number of nitrogens with one attached hydrogen (secondary N) is 1. The van der Waals surface area contributed by atoms with Crippen molar-refractivity contribution >= 4 is 27.5 Å². The summed E-state index contributed by atoms with van der Waals surface area (Å²) in [6.07, 6.45) is 0. The van der Waals surface area contributed by atoms with E-state index in [9.17, 15) is 13.6 Å². The Kier molecular flexibility index (Phi) is 4.57. The largest absolute Gasteiger partial charge is 0.494 e. The Bertz CT molecular complexity index is 704. The molecule has 0 atom stereocenters. The molecule has 0 unspecified atom stereocenters. The minimum Gasteiger partial charge on any atom is -0.494 e. The van der Waals surface area contributed by atoms with E-state index < -0.39 is 17.5 Å². The lowest BCUT2D eigenvalue weighted by Gasteiger charge is -2.10. The number of amides is 1. The second-order valence-electron chi connectivity index (χ2n) is 4.38. The van der Waals surface area contributed by atoms with Gasteiger partial charge in [0.25, 0.3) is 5.91 Å². The Labute approximate surface area is 129 Å². The Morgan fingerprint density at radius 2 is 1.90 bits per heavy atom. The summed E-state index contributed by atoms with van der Waals surface area (Å²) in [5, 5.41) is 2.65. The Morgan fingerprint density at radius 1 is 1.19 bits per heavy atom. The number of hydrogen-bond donors (Lipinski definition) is 1. The van der Waals surface area contributed by atoms with Crippen LogP contribution < -0.4 is 10.1 Å². The molecule has 2 rings (SSSR count). The van der Waals surface area contributed by atoms with E-state index in [2.05, 4.69) is 21.2 Å². The summed E-state index contributed by atoms with van der Waals surface area (Å²) in [5.74, 6) is -1.40. The third kappa shape index (κ3) is 3.39. The van der Waals surface area contributed by atoms with Crippen LogP contribution in [0.3, 0.4) is 0 Å². The molecule has 2 aromatic rings. The summed E-state index contributed by atoms with van der Waals surface area (Å²) in [6.45, 7) is 1.68. The van der Waals surface area contributed by atoms with E-state index in [4.69, 9.17) is 4.74 Å². The highest BCUT2D eigenvalue weighted by atomic mass is 79.9. The number of methoxy groups -OCH3 is 1. The van der Waals surface area contributed by atoms with Crippen LogP contribution in [-0.4, -0.2) is 13.0 Å². The van der Waals surface area contributed by atoms with Crippen molar-refractivity contribution in [2.24, 2.45) is 0 Å². The van der Waals surface area contributed by atoms with Crippen LogP contribution in [0.2, 0.25) is 0 Å². The third-order valence-electron chi connectivity index (χ3n) is 2.93. The van der Waals surface area contributed by atoms with Crippen LogP contribution in [0.4, 0.5) is 14.5 Å². The first-order chi connectivity index (χ1) is 9.92. The van der Waals surface area contributed by atoms with Crippen molar-refractivity contribution in [1.82, 2.24) is 0 Å². The average molecular weight is 356 g/mol. The molecule has 1 amide bonds. The molecule has 0 heterocycles. The van der Waals surface area contributed by atoms with E-state index in [0.717, 1.165) is 6.07 Å². The number of hydrogen-bond acceptors (Lipinski definition) is 2. The zero-order valence-electron chi connectivity index (χ0n) is 11.3. The smallest absolute Gasteiger partial charge is 0.255 e. The molecule has 21 heavy (non-hydrogen) atoms. The van der Waals surface area contributed by atoms with E-state index in [1.54, 1.807) is 6.92 Å². The number of ether oxygens (including phenoxy) is 1. The van der Waals surface area contributed by atoms with Crippen molar-refractivity contribution in [3.8, 4) is 5.75 Å². The average Bonchev–Trinajstić information content (AvgIpc) is 2.45. The van der Waals surface area contributed by atoms with Crippen LogP contribution in [0.5, 0.6) is 5.75 Å². The number of aryl methyl sites for hydroxylation is 1. The van der Waals surface area contributed by atoms with E-state index in [-0.39, 0.29) is 15.8 Å². The van der Waals surface area contributed by atoms with Gasteiger partial charge in [0.05, 0.1) is 11.6 Å². The molecule has 2 aromatic carbocycles. The fraction of sp³-hybridized carbons (Fsp3) is 0.133. The van der Waals surface area contributed by atoms with E-state index in [0.29, 0.717) is 11.3 Å². The van der Waals surface area contributed by atoms with E-state index in [1.807, 2.05) is 0 Å². The van der Waals surface area contributed by atoms with Gasteiger partial charge in [0.1, 0.15) is 5.82 Å². The van der Waals surface area contributed by atoms with E-state index in [1.165, 1.54) is 31.4 Å². The molecule has 0 aliphatic rings. The highest BCUT2D eigenvalue weighted by molar-refractivity contribution is 9.10. The van der Waals surface area contributed by atoms with Crippen LogP contribution in [0, 0.1) is 18.6 Å². The van der Waals surface area contributed by atoms with Gasteiger partial charge in [0, 0.05) is 11.3 Å². The molecule has 0 radical (unpaired) electrons. The first-order valence-electron chi connectivity index (χ1n) is 6.03. The van der Waals surface area contributed by atoms with Gasteiger partial charge in [-0.1, -0.05) is 0 Å². The van der Waals surface area contributed by atoms with Crippen molar-refractivity contribution in [3.63, 3.8) is 0 Å². The molecule has 0 aromatic heterocycles. The van der Waals surface area contributed by atoms with Gasteiger partial charge in [-0.2, -0.15) is 0 Å². The minimum atomic E-state index is -0.547. The van der Waals surface area contributed by atoms with Crippen molar-refractivity contribution < 1.29 is 18.3 Å². The fourth-order valence-corrected chi connectivity index (χ4v) is 2.12. The SMILES string of the molecule is COc1cc(C(=O)Nc2cc(Br)c(F)cc2C)ccc1F. The van der Waals surface area contributed by atoms with Gasteiger partial charge in [-0.05, 0) is 58.7 Å². The molecule has 6 heteroatoms. The van der Waals surface area contributed by atoms with Gasteiger partial charge in [-0.15, -0.1) is 0 Å². The second-order valence-corrected chi connectivity index (χ2v) is 5.24. The summed E-state index contributed by atoms with van der Waals surface area (Å²) in [7, 11) is 1.32. The van der Waals surface area contributed by atoms with Gasteiger partial charge in [0.15, 0.2) is 11.6 Å². The highest BCUT2D eigenvalue weighted by Crippen LogP contribution is 2.25. The monoisotopic (exact) mass is 355 g/mol. The molecule has 0 fully saturated rings. The maximum absolute atomic E-state index is 13.3. The molecular weight excluding hydrogens is 344 g/mol. The molecule has 0 aliphatic heterocycles. The van der Waals surface area contributed by atoms with Gasteiger partial charge in [0.2, 0.25) is 0 Å². The molecule has 110 valence electrons. The number of carbonyl (C=O) groups excluding carboxylic acids is 1. The van der Waals surface area contributed by atoms with Crippen LogP contribution >= 0.6 is 15.9 Å². The Balaban J connectivity index is 2.28. The van der Waals surface area contributed by atoms with Gasteiger partial charge < -0.3 is 10.1 Å². The lowest BCUT2D eigenvalue weighted by molar-refractivity contribution is 0.102. The summed E-state index contributed by atoms with van der Waals surface area (Å²) >= 11 is 3.06. The highest BCUT2D eigenvalue weighted by Gasteiger charge is 2.13. The van der Waals surface area contributed by atoms with Gasteiger partial charge >= 0.3 is 0 Å². The lowest BCUT2D eigenvalue weighted by atomic mass is 10.1. The van der Waals surface area contributed by atoms with Crippen molar-refractivity contribution in [3.05, 3.63) is 57.6 Å². The Hall–Kier alpha value is -1.95. The normalized spacial score (nSPS) is 10.3. The van der Waals surface area contributed by atoms with Crippen molar-refractivity contribution in [2.75, 3.05) is 12.4 Å². The first-order valence-corrected chi connectivity index (χ1v) is 6.82. The zero-order valence-corrected chi connectivity index (χ0v) is 12.9. The maximum atomic E-state index is 13.3. The Morgan fingerprint density at radius 3 is 2.57 bits per heavy atom. The number of anilines is 1. The molecule has 1 N–H and O–H groups in total. The predicted octanol–water partition coefficient (Wildman–Crippen LogP) is 4.30. The number of carbonyl (C=O) groups is 1. The molecule has 0 bridgehead atoms. The predicted molar refractivity (Wildman–Crippen MR) is 79.7 cm³/mol. The van der Waals surface area contributed by atoms with Gasteiger partial charge in [-0.25, -0.2) is 8.78 Å². The summed E-state index contributed by atoms with van der Waals surface area (Å²) in [5.41, 5.74) is 1.29.